The van der Waals surface area contributed by atoms with Crippen LogP contribution in [0, 0.1) is 6.92 Å². The molecule has 138 valence electrons. The van der Waals surface area contributed by atoms with E-state index in [4.69, 9.17) is 4.74 Å². The Balaban J connectivity index is 1.57. The van der Waals surface area contributed by atoms with Gasteiger partial charge in [0.25, 0.3) is 0 Å². The predicted molar refractivity (Wildman–Crippen MR) is 96.0 cm³/mol. The van der Waals surface area contributed by atoms with Gasteiger partial charge in [0.1, 0.15) is 17.9 Å². The molecule has 6 nitrogen and oxygen atoms in total. The maximum Gasteiger partial charge on any atom is 0.241 e. The van der Waals surface area contributed by atoms with Crippen molar-refractivity contribution in [3.63, 3.8) is 0 Å². The highest BCUT2D eigenvalue weighted by Gasteiger charge is 2.39. The molecule has 0 aromatic heterocycles. The third-order valence-corrected chi connectivity index (χ3v) is 6.34. The normalized spacial score (nSPS) is 23.0. The van der Waals surface area contributed by atoms with Crippen molar-refractivity contribution in [1.29, 1.82) is 0 Å². The van der Waals surface area contributed by atoms with Crippen molar-refractivity contribution in [3.05, 3.63) is 29.8 Å². The van der Waals surface area contributed by atoms with E-state index in [9.17, 15) is 13.2 Å². The van der Waals surface area contributed by atoms with Gasteiger partial charge < -0.3 is 9.64 Å². The van der Waals surface area contributed by atoms with Crippen LogP contribution in [-0.2, 0) is 14.8 Å². The Morgan fingerprint density at radius 3 is 2.44 bits per heavy atom. The van der Waals surface area contributed by atoms with Gasteiger partial charge in [0, 0.05) is 32.5 Å². The highest BCUT2D eigenvalue weighted by atomic mass is 32.2. The molecule has 1 atom stereocenters. The number of piperidine rings is 1. The zero-order valence-corrected chi connectivity index (χ0v) is 15.7. The minimum Gasteiger partial charge on any atom is -0.490 e. The first kappa shape index (κ1) is 18.2. The van der Waals surface area contributed by atoms with Gasteiger partial charge in [0.05, 0.1) is 6.26 Å². The summed E-state index contributed by atoms with van der Waals surface area (Å²) >= 11 is 0. The molecule has 2 heterocycles. The van der Waals surface area contributed by atoms with Crippen molar-refractivity contribution < 1.29 is 17.9 Å². The quantitative estimate of drug-likeness (QED) is 0.815. The predicted octanol–water partition coefficient (Wildman–Crippen LogP) is 1.79. The number of rotatable bonds is 4. The summed E-state index contributed by atoms with van der Waals surface area (Å²) in [4.78, 5) is 14.6. The van der Waals surface area contributed by atoms with Crippen LogP contribution in [0.15, 0.2) is 24.3 Å². The monoisotopic (exact) mass is 366 g/mol. The van der Waals surface area contributed by atoms with E-state index in [1.165, 1.54) is 10.6 Å². The standard InChI is InChI=1S/C18H26N2O4S/c1-14-6-3-4-8-17(14)24-15-9-12-19(13-10-15)18(21)16-7-5-11-20(16)25(2,22)23/h3-4,6,8,15-16H,5,7,9-13H2,1-2H3/t16-/m0/s1. The van der Waals surface area contributed by atoms with Crippen LogP contribution in [-0.4, -0.2) is 61.6 Å². The lowest BCUT2D eigenvalue weighted by molar-refractivity contribution is -0.136. The van der Waals surface area contributed by atoms with Crippen molar-refractivity contribution in [1.82, 2.24) is 9.21 Å². The van der Waals surface area contributed by atoms with Crippen LogP contribution in [0.3, 0.4) is 0 Å². The van der Waals surface area contributed by atoms with E-state index in [1.54, 1.807) is 4.90 Å². The van der Waals surface area contributed by atoms with Crippen molar-refractivity contribution >= 4 is 15.9 Å². The number of nitrogens with zero attached hydrogens (tertiary/aromatic N) is 2. The van der Waals surface area contributed by atoms with Gasteiger partial charge >= 0.3 is 0 Å². The Hall–Kier alpha value is -1.60. The van der Waals surface area contributed by atoms with E-state index in [1.807, 2.05) is 31.2 Å². The van der Waals surface area contributed by atoms with Crippen LogP contribution < -0.4 is 4.74 Å². The van der Waals surface area contributed by atoms with Gasteiger partial charge in [-0.05, 0) is 31.4 Å². The molecule has 1 amide bonds. The van der Waals surface area contributed by atoms with Crippen molar-refractivity contribution in [2.24, 2.45) is 0 Å². The number of likely N-dealkylation sites (tertiary alicyclic amines) is 1. The summed E-state index contributed by atoms with van der Waals surface area (Å²) < 4.78 is 31.1. The molecule has 1 aromatic carbocycles. The van der Waals surface area contributed by atoms with Gasteiger partial charge in [-0.3, -0.25) is 4.79 Å². The van der Waals surface area contributed by atoms with Crippen LogP contribution in [0.25, 0.3) is 0 Å². The smallest absolute Gasteiger partial charge is 0.241 e. The lowest BCUT2D eigenvalue weighted by atomic mass is 10.1. The topological polar surface area (TPSA) is 66.9 Å². The first-order valence-corrected chi connectivity index (χ1v) is 10.7. The zero-order chi connectivity index (χ0) is 18.0. The molecule has 0 unspecified atom stereocenters. The minimum atomic E-state index is -3.33. The fourth-order valence-electron chi connectivity index (χ4n) is 3.66. The largest absolute Gasteiger partial charge is 0.490 e. The number of carbonyl (C=O) groups excluding carboxylic acids is 1. The summed E-state index contributed by atoms with van der Waals surface area (Å²) in [6.07, 6.45) is 4.18. The number of carbonyl (C=O) groups is 1. The first-order chi connectivity index (χ1) is 11.9. The summed E-state index contributed by atoms with van der Waals surface area (Å²) in [5.41, 5.74) is 1.11. The third-order valence-electron chi connectivity index (χ3n) is 5.06. The fraction of sp³-hybridized carbons (Fsp3) is 0.611. The number of hydrogen-bond donors (Lipinski definition) is 0. The molecule has 0 radical (unpaired) electrons. The van der Waals surface area contributed by atoms with Crippen molar-refractivity contribution in [2.45, 2.75) is 44.8 Å². The second kappa shape index (κ2) is 7.33. The van der Waals surface area contributed by atoms with E-state index >= 15 is 0 Å². The summed E-state index contributed by atoms with van der Waals surface area (Å²) in [5, 5.41) is 0. The molecule has 0 saturated carbocycles. The number of amides is 1. The Bertz CT molecular complexity index is 726. The summed E-state index contributed by atoms with van der Waals surface area (Å²) in [5.74, 6) is 0.837. The number of aryl methyl sites for hydroxylation is 1. The van der Waals surface area contributed by atoms with Gasteiger partial charge in [0.2, 0.25) is 15.9 Å². The van der Waals surface area contributed by atoms with Gasteiger partial charge in [-0.25, -0.2) is 8.42 Å². The number of benzene rings is 1. The van der Waals surface area contributed by atoms with E-state index < -0.39 is 16.1 Å². The van der Waals surface area contributed by atoms with Crippen molar-refractivity contribution in [2.75, 3.05) is 25.9 Å². The van der Waals surface area contributed by atoms with Gasteiger partial charge in [-0.15, -0.1) is 0 Å². The van der Waals surface area contributed by atoms with Crippen molar-refractivity contribution in [3.8, 4) is 5.75 Å². The van der Waals surface area contributed by atoms with E-state index in [2.05, 4.69) is 0 Å². The van der Waals surface area contributed by atoms with E-state index in [-0.39, 0.29) is 12.0 Å². The highest BCUT2D eigenvalue weighted by Crippen LogP contribution is 2.26. The molecule has 7 heteroatoms. The molecule has 3 rings (SSSR count). The van der Waals surface area contributed by atoms with Crippen LogP contribution >= 0.6 is 0 Å². The molecule has 2 fully saturated rings. The fourth-order valence-corrected chi connectivity index (χ4v) is 4.78. The van der Waals surface area contributed by atoms with Gasteiger partial charge in [-0.1, -0.05) is 18.2 Å². The Morgan fingerprint density at radius 1 is 1.12 bits per heavy atom. The maximum absolute atomic E-state index is 12.8. The average Bonchev–Trinajstić information content (AvgIpc) is 3.07. The van der Waals surface area contributed by atoms with E-state index in [0.717, 1.165) is 30.6 Å². The van der Waals surface area contributed by atoms with Crippen LogP contribution in [0.2, 0.25) is 0 Å². The average molecular weight is 366 g/mol. The second-order valence-electron chi connectivity index (χ2n) is 6.94. The van der Waals surface area contributed by atoms with Crippen LogP contribution in [0.4, 0.5) is 0 Å². The Morgan fingerprint density at radius 2 is 1.80 bits per heavy atom. The number of hydrogen-bond acceptors (Lipinski definition) is 4. The maximum atomic E-state index is 12.8. The minimum absolute atomic E-state index is 0.0581. The summed E-state index contributed by atoms with van der Waals surface area (Å²) in [7, 11) is -3.33. The molecule has 0 aliphatic carbocycles. The molecule has 0 spiro atoms. The molecule has 0 bridgehead atoms. The molecule has 2 aliphatic heterocycles. The summed E-state index contributed by atoms with van der Waals surface area (Å²) in [6, 6.07) is 7.41. The molecule has 0 N–H and O–H groups in total. The SMILES string of the molecule is Cc1ccccc1OC1CCN(C(=O)[C@@H]2CCCN2S(C)(=O)=O)CC1. The molecule has 25 heavy (non-hydrogen) atoms. The third kappa shape index (κ3) is 4.15. The second-order valence-corrected chi connectivity index (χ2v) is 8.87. The Kier molecular flexibility index (Phi) is 5.34. The molecule has 2 saturated heterocycles. The lowest BCUT2D eigenvalue weighted by Gasteiger charge is -2.35. The zero-order valence-electron chi connectivity index (χ0n) is 14.8. The van der Waals surface area contributed by atoms with Gasteiger partial charge in [-0.2, -0.15) is 4.31 Å². The molecular weight excluding hydrogens is 340 g/mol. The number of sulfonamides is 1. The van der Waals surface area contributed by atoms with Crippen LogP contribution in [0.5, 0.6) is 5.75 Å². The Labute approximate surface area is 149 Å². The molecule has 1 aromatic rings. The first-order valence-electron chi connectivity index (χ1n) is 8.84. The molecular formula is C18H26N2O4S. The highest BCUT2D eigenvalue weighted by molar-refractivity contribution is 7.88. The molecule has 2 aliphatic rings. The lowest BCUT2D eigenvalue weighted by Crippen LogP contribution is -2.50. The van der Waals surface area contributed by atoms with Crippen LogP contribution in [0.1, 0.15) is 31.2 Å². The number of ether oxygens (including phenoxy) is 1. The van der Waals surface area contributed by atoms with E-state index in [0.29, 0.717) is 26.1 Å². The van der Waals surface area contributed by atoms with Gasteiger partial charge in [0.15, 0.2) is 0 Å². The summed E-state index contributed by atoms with van der Waals surface area (Å²) in [6.45, 7) is 3.70. The number of para-hydroxylation sites is 1.